The Morgan fingerprint density at radius 1 is 0.793 bits per heavy atom. The number of hydrogen-bond donors (Lipinski definition) is 0. The minimum absolute atomic E-state index is 0.0508. The van der Waals surface area contributed by atoms with Gasteiger partial charge < -0.3 is 4.74 Å². The minimum Gasteiger partial charge on any atom is -0.462 e. The van der Waals surface area contributed by atoms with Gasteiger partial charge in [0.2, 0.25) is 0 Å². The number of ether oxygens (including phenoxy) is 1. The first kappa shape index (κ1) is 25.5. The van der Waals surface area contributed by atoms with Crippen LogP contribution >= 0.6 is 0 Å². The summed E-state index contributed by atoms with van der Waals surface area (Å²) in [6, 6.07) is 4.37. The van der Waals surface area contributed by atoms with Crippen molar-refractivity contribution in [3.63, 3.8) is 0 Å². The van der Waals surface area contributed by atoms with Crippen LogP contribution in [0.15, 0.2) is 24.3 Å². The van der Waals surface area contributed by atoms with Gasteiger partial charge in [-0.05, 0) is 24.6 Å². The average molecular weight is 415 g/mol. The van der Waals surface area contributed by atoms with E-state index < -0.39 is 17.7 Å². The number of benzene rings is 1. The number of carbonyl (C=O) groups is 1. The normalized spacial score (nSPS) is 11.6. The van der Waals surface area contributed by atoms with Gasteiger partial charge >= 0.3 is 12.1 Å². The van der Waals surface area contributed by atoms with E-state index in [1.807, 2.05) is 0 Å². The molecule has 0 N–H and O–H groups in total. The highest BCUT2D eigenvalue weighted by molar-refractivity contribution is 5.89. The molecular weight excluding hydrogens is 377 g/mol. The van der Waals surface area contributed by atoms with E-state index in [1.165, 1.54) is 82.8 Å². The van der Waals surface area contributed by atoms with Crippen LogP contribution in [0.3, 0.4) is 0 Å². The standard InChI is InChI=1S/C24H37F3O2/c1-2-3-4-5-6-7-8-9-10-11-12-13-14-15-19-29-23(28)21-17-16-18-22(20-21)24(25,26)27/h16-18,20H,2-15,19H2,1H3. The van der Waals surface area contributed by atoms with Gasteiger partial charge in [0.15, 0.2) is 0 Å². The van der Waals surface area contributed by atoms with Crippen LogP contribution in [0.4, 0.5) is 13.2 Å². The van der Waals surface area contributed by atoms with E-state index in [1.54, 1.807) is 0 Å². The van der Waals surface area contributed by atoms with Crippen LogP contribution in [-0.2, 0) is 10.9 Å². The lowest BCUT2D eigenvalue weighted by atomic mass is 10.0. The second-order valence-electron chi connectivity index (χ2n) is 7.81. The van der Waals surface area contributed by atoms with Crippen LogP contribution in [0.2, 0.25) is 0 Å². The summed E-state index contributed by atoms with van der Waals surface area (Å²) >= 11 is 0. The SMILES string of the molecule is CCCCCCCCCCCCCCCCOC(=O)c1cccc(C(F)(F)F)c1. The van der Waals surface area contributed by atoms with E-state index in [0.717, 1.165) is 31.4 Å². The van der Waals surface area contributed by atoms with Gasteiger partial charge in [-0.1, -0.05) is 96.5 Å². The Kier molecular flexibility index (Phi) is 13.5. The molecule has 0 spiro atoms. The van der Waals surface area contributed by atoms with Crippen LogP contribution in [0.1, 0.15) is 113 Å². The first-order valence-corrected chi connectivity index (χ1v) is 11.3. The number of esters is 1. The van der Waals surface area contributed by atoms with Gasteiger partial charge in [0.05, 0.1) is 17.7 Å². The summed E-state index contributed by atoms with van der Waals surface area (Å²) < 4.78 is 43.1. The molecule has 0 amide bonds. The van der Waals surface area contributed by atoms with E-state index in [0.29, 0.717) is 0 Å². The maximum Gasteiger partial charge on any atom is 0.416 e. The highest BCUT2D eigenvalue weighted by atomic mass is 19.4. The van der Waals surface area contributed by atoms with E-state index in [9.17, 15) is 18.0 Å². The van der Waals surface area contributed by atoms with Gasteiger partial charge in [0, 0.05) is 0 Å². The first-order chi connectivity index (χ1) is 13.9. The Morgan fingerprint density at radius 3 is 1.76 bits per heavy atom. The van der Waals surface area contributed by atoms with Crippen LogP contribution in [0.25, 0.3) is 0 Å². The topological polar surface area (TPSA) is 26.3 Å². The van der Waals surface area contributed by atoms with Crippen molar-refractivity contribution in [2.75, 3.05) is 6.61 Å². The fourth-order valence-corrected chi connectivity index (χ4v) is 3.37. The Bertz CT molecular complexity index is 555. The highest BCUT2D eigenvalue weighted by Gasteiger charge is 2.31. The molecule has 1 aromatic carbocycles. The molecule has 0 aliphatic heterocycles. The quantitative estimate of drug-likeness (QED) is 0.201. The fraction of sp³-hybridized carbons (Fsp3) is 0.708. The first-order valence-electron chi connectivity index (χ1n) is 11.3. The van der Waals surface area contributed by atoms with Gasteiger partial charge in [0.25, 0.3) is 0 Å². The summed E-state index contributed by atoms with van der Waals surface area (Å²) in [4.78, 5) is 11.9. The van der Waals surface area contributed by atoms with Crippen LogP contribution in [-0.4, -0.2) is 12.6 Å². The third-order valence-electron chi connectivity index (χ3n) is 5.16. The number of unbranched alkanes of at least 4 members (excludes halogenated alkanes) is 13. The number of carbonyl (C=O) groups excluding carboxylic acids is 1. The Hall–Kier alpha value is -1.52. The molecule has 0 aromatic heterocycles. The summed E-state index contributed by atoms with van der Waals surface area (Å²) in [6.45, 7) is 2.50. The Labute approximate surface area is 174 Å². The van der Waals surface area contributed by atoms with Crippen LogP contribution < -0.4 is 0 Å². The van der Waals surface area contributed by atoms with E-state index >= 15 is 0 Å². The number of alkyl halides is 3. The molecule has 2 nitrogen and oxygen atoms in total. The number of hydrogen-bond acceptors (Lipinski definition) is 2. The predicted octanol–water partition coefficient (Wildman–Crippen LogP) is 8.34. The van der Waals surface area contributed by atoms with Gasteiger partial charge in [-0.25, -0.2) is 4.79 Å². The fourth-order valence-electron chi connectivity index (χ4n) is 3.37. The molecule has 0 saturated carbocycles. The molecule has 5 heteroatoms. The lowest BCUT2D eigenvalue weighted by Crippen LogP contribution is -2.10. The summed E-state index contributed by atoms with van der Waals surface area (Å²) in [5, 5.41) is 0. The molecule has 0 bridgehead atoms. The molecule has 0 radical (unpaired) electrons. The zero-order valence-electron chi connectivity index (χ0n) is 17.9. The summed E-state index contributed by atoms with van der Waals surface area (Å²) in [7, 11) is 0. The maximum atomic E-state index is 12.7. The average Bonchev–Trinajstić information content (AvgIpc) is 2.70. The second-order valence-corrected chi connectivity index (χ2v) is 7.81. The smallest absolute Gasteiger partial charge is 0.416 e. The molecule has 0 aliphatic carbocycles. The van der Waals surface area contributed by atoms with Gasteiger partial charge in [-0.3, -0.25) is 0 Å². The Morgan fingerprint density at radius 2 is 1.28 bits per heavy atom. The number of halogens is 3. The van der Waals surface area contributed by atoms with Crippen molar-refractivity contribution < 1.29 is 22.7 Å². The largest absolute Gasteiger partial charge is 0.462 e. The van der Waals surface area contributed by atoms with Crippen molar-refractivity contribution in [2.45, 2.75) is 103 Å². The zero-order chi connectivity index (χ0) is 21.4. The lowest BCUT2D eigenvalue weighted by molar-refractivity contribution is -0.137. The van der Waals surface area contributed by atoms with Crippen molar-refractivity contribution in [2.24, 2.45) is 0 Å². The minimum atomic E-state index is -4.45. The molecule has 0 aliphatic rings. The summed E-state index contributed by atoms with van der Waals surface area (Å²) in [5.41, 5.74) is -0.881. The maximum absolute atomic E-state index is 12.7. The zero-order valence-corrected chi connectivity index (χ0v) is 17.9. The van der Waals surface area contributed by atoms with Crippen molar-refractivity contribution >= 4 is 5.97 Å². The molecule has 0 heterocycles. The molecular formula is C24H37F3O2. The van der Waals surface area contributed by atoms with Crippen molar-refractivity contribution in [3.8, 4) is 0 Å². The van der Waals surface area contributed by atoms with Crippen LogP contribution in [0.5, 0.6) is 0 Å². The number of rotatable bonds is 16. The van der Waals surface area contributed by atoms with E-state index in [-0.39, 0.29) is 12.2 Å². The third-order valence-corrected chi connectivity index (χ3v) is 5.16. The third kappa shape index (κ3) is 12.6. The predicted molar refractivity (Wildman–Crippen MR) is 112 cm³/mol. The van der Waals surface area contributed by atoms with Crippen molar-refractivity contribution in [1.29, 1.82) is 0 Å². The molecule has 1 rings (SSSR count). The molecule has 0 atom stereocenters. The summed E-state index contributed by atoms with van der Waals surface area (Å²) in [5.74, 6) is -0.689. The molecule has 0 fully saturated rings. The Balaban J connectivity index is 1.96. The van der Waals surface area contributed by atoms with Crippen LogP contribution in [0, 0.1) is 0 Å². The monoisotopic (exact) mass is 414 g/mol. The van der Waals surface area contributed by atoms with Gasteiger partial charge in [0.1, 0.15) is 0 Å². The van der Waals surface area contributed by atoms with E-state index in [2.05, 4.69) is 6.92 Å². The lowest BCUT2D eigenvalue weighted by Gasteiger charge is -2.09. The molecule has 29 heavy (non-hydrogen) atoms. The van der Waals surface area contributed by atoms with Crippen molar-refractivity contribution in [1.82, 2.24) is 0 Å². The molecule has 0 saturated heterocycles. The second kappa shape index (κ2) is 15.3. The van der Waals surface area contributed by atoms with Gasteiger partial charge in [-0.2, -0.15) is 13.2 Å². The molecule has 0 unspecified atom stereocenters. The van der Waals surface area contributed by atoms with Crippen molar-refractivity contribution in [3.05, 3.63) is 35.4 Å². The molecule has 1 aromatic rings. The summed E-state index contributed by atoms with van der Waals surface area (Å²) in [6.07, 6.45) is 13.0. The molecule has 166 valence electrons. The van der Waals surface area contributed by atoms with E-state index in [4.69, 9.17) is 4.74 Å². The van der Waals surface area contributed by atoms with Gasteiger partial charge in [-0.15, -0.1) is 0 Å². The highest BCUT2D eigenvalue weighted by Crippen LogP contribution is 2.29.